The number of benzene rings is 2. The summed E-state index contributed by atoms with van der Waals surface area (Å²) in [7, 11) is -3.57. The molecule has 1 aromatic heterocycles. The Morgan fingerprint density at radius 3 is 2.13 bits per heavy atom. The van der Waals surface area contributed by atoms with Gasteiger partial charge in [0, 0.05) is 18.4 Å². The summed E-state index contributed by atoms with van der Waals surface area (Å²) in [6.07, 6.45) is 5.30. The highest BCUT2D eigenvalue weighted by Gasteiger charge is 2.27. The SMILES string of the molecule is CC(C)C=CCS(=O)(=O)NCC(C)(F)c1ccc(-c2ccc(-c3ccc[nH]3)cc2)cc1. The smallest absolute Gasteiger partial charge is 0.215 e. The summed E-state index contributed by atoms with van der Waals surface area (Å²) < 4.78 is 41.8. The van der Waals surface area contributed by atoms with Crippen LogP contribution in [0.25, 0.3) is 22.4 Å². The first kappa shape index (κ1) is 23.0. The standard InChI is InChI=1S/C25H29FN2O2S/c1-19(2)6-5-17-31(29,30)28-18-25(3,26)23-14-12-21(13-15-23)20-8-10-22(11-9-20)24-7-4-16-27-24/h4-16,19,27-28H,17-18H2,1-3H3. The molecular weight excluding hydrogens is 411 g/mol. The molecule has 6 heteroatoms. The molecule has 0 radical (unpaired) electrons. The molecule has 0 aliphatic heterocycles. The number of H-pyrrole nitrogens is 1. The molecule has 1 heterocycles. The maximum atomic E-state index is 15.2. The minimum atomic E-state index is -3.57. The van der Waals surface area contributed by atoms with Crippen molar-refractivity contribution in [3.63, 3.8) is 0 Å². The average Bonchev–Trinajstić information content (AvgIpc) is 3.27. The Hall–Kier alpha value is -2.70. The number of aromatic amines is 1. The number of hydrogen-bond donors (Lipinski definition) is 2. The van der Waals surface area contributed by atoms with Gasteiger partial charge in [0.25, 0.3) is 0 Å². The van der Waals surface area contributed by atoms with E-state index in [0.717, 1.165) is 22.4 Å². The van der Waals surface area contributed by atoms with Crippen LogP contribution >= 0.6 is 0 Å². The molecule has 164 valence electrons. The van der Waals surface area contributed by atoms with Crippen molar-refractivity contribution in [2.75, 3.05) is 12.3 Å². The highest BCUT2D eigenvalue weighted by Crippen LogP contribution is 2.29. The highest BCUT2D eigenvalue weighted by molar-refractivity contribution is 7.89. The minimum absolute atomic E-state index is 0.154. The van der Waals surface area contributed by atoms with Crippen LogP contribution in [0.15, 0.2) is 79.0 Å². The summed E-state index contributed by atoms with van der Waals surface area (Å²) in [5.41, 5.74) is 2.76. The van der Waals surface area contributed by atoms with E-state index in [9.17, 15) is 8.42 Å². The molecule has 4 nitrogen and oxygen atoms in total. The quantitative estimate of drug-likeness (QED) is 0.422. The second kappa shape index (κ2) is 9.62. The lowest BCUT2D eigenvalue weighted by molar-refractivity contribution is 0.197. The van der Waals surface area contributed by atoms with Crippen LogP contribution in [0.5, 0.6) is 0 Å². The third-order valence-corrected chi connectivity index (χ3v) is 6.29. The van der Waals surface area contributed by atoms with Gasteiger partial charge in [-0.3, -0.25) is 0 Å². The summed E-state index contributed by atoms with van der Waals surface area (Å²) in [6.45, 7) is 5.01. The third kappa shape index (κ3) is 6.39. The zero-order valence-corrected chi connectivity index (χ0v) is 18.9. The van der Waals surface area contributed by atoms with Gasteiger partial charge in [-0.15, -0.1) is 0 Å². The molecule has 0 aliphatic carbocycles. The van der Waals surface area contributed by atoms with E-state index >= 15 is 4.39 Å². The fourth-order valence-corrected chi connectivity index (χ4v) is 4.20. The van der Waals surface area contributed by atoms with Gasteiger partial charge in [-0.2, -0.15) is 0 Å². The lowest BCUT2D eigenvalue weighted by Crippen LogP contribution is -2.36. The molecule has 31 heavy (non-hydrogen) atoms. The second-order valence-electron chi connectivity index (χ2n) is 8.21. The Balaban J connectivity index is 1.65. The maximum absolute atomic E-state index is 15.2. The van der Waals surface area contributed by atoms with Gasteiger partial charge >= 0.3 is 0 Å². The van der Waals surface area contributed by atoms with Gasteiger partial charge in [0.1, 0.15) is 5.67 Å². The van der Waals surface area contributed by atoms with Crippen LogP contribution in [-0.4, -0.2) is 25.7 Å². The molecule has 0 spiro atoms. The van der Waals surface area contributed by atoms with Crippen LogP contribution < -0.4 is 4.72 Å². The Morgan fingerprint density at radius 1 is 1.00 bits per heavy atom. The number of aromatic nitrogens is 1. The Kier molecular flexibility index (Phi) is 7.13. The van der Waals surface area contributed by atoms with Crippen molar-refractivity contribution in [3.8, 4) is 22.4 Å². The maximum Gasteiger partial charge on any atom is 0.215 e. The fraction of sp³-hybridized carbons (Fsp3) is 0.280. The van der Waals surface area contributed by atoms with E-state index in [2.05, 4.69) is 9.71 Å². The summed E-state index contributed by atoms with van der Waals surface area (Å²) in [6, 6.07) is 19.2. The molecule has 0 bridgehead atoms. The Bertz CT molecular complexity index is 1100. The molecule has 3 aromatic rings. The van der Waals surface area contributed by atoms with E-state index in [4.69, 9.17) is 0 Å². The van der Waals surface area contributed by atoms with Gasteiger partial charge in [-0.25, -0.2) is 17.5 Å². The topological polar surface area (TPSA) is 62.0 Å². The van der Waals surface area contributed by atoms with Crippen molar-refractivity contribution < 1.29 is 12.8 Å². The molecule has 0 saturated heterocycles. The van der Waals surface area contributed by atoms with Gasteiger partial charge < -0.3 is 4.98 Å². The molecule has 0 amide bonds. The molecule has 0 saturated carbocycles. The lowest BCUT2D eigenvalue weighted by Gasteiger charge is -2.21. The normalized spacial score (nSPS) is 14.2. The van der Waals surface area contributed by atoms with Crippen LogP contribution in [0.2, 0.25) is 0 Å². The molecule has 2 N–H and O–H groups in total. The number of halogens is 1. The zero-order valence-electron chi connectivity index (χ0n) is 18.1. The van der Waals surface area contributed by atoms with E-state index in [1.165, 1.54) is 6.92 Å². The first-order valence-corrected chi connectivity index (χ1v) is 12.0. The van der Waals surface area contributed by atoms with E-state index < -0.39 is 15.7 Å². The Morgan fingerprint density at radius 2 is 1.58 bits per heavy atom. The van der Waals surface area contributed by atoms with Gasteiger partial charge in [-0.1, -0.05) is 74.5 Å². The van der Waals surface area contributed by atoms with Crippen LogP contribution in [0.4, 0.5) is 4.39 Å². The predicted octanol–water partition coefficient (Wildman–Crippen LogP) is 5.67. The van der Waals surface area contributed by atoms with Crippen molar-refractivity contribution in [1.82, 2.24) is 9.71 Å². The largest absolute Gasteiger partial charge is 0.361 e. The summed E-state index contributed by atoms with van der Waals surface area (Å²) in [5.74, 6) is 0.114. The van der Waals surface area contributed by atoms with Crippen LogP contribution in [-0.2, 0) is 15.7 Å². The van der Waals surface area contributed by atoms with Gasteiger partial charge in [0.15, 0.2) is 0 Å². The van der Waals surface area contributed by atoms with Crippen molar-refractivity contribution in [2.24, 2.45) is 5.92 Å². The number of sulfonamides is 1. The predicted molar refractivity (Wildman–Crippen MR) is 126 cm³/mol. The fourth-order valence-electron chi connectivity index (χ4n) is 3.22. The molecule has 0 aliphatic rings. The van der Waals surface area contributed by atoms with Crippen molar-refractivity contribution in [2.45, 2.75) is 26.4 Å². The lowest BCUT2D eigenvalue weighted by atomic mass is 9.95. The van der Waals surface area contributed by atoms with E-state index in [1.54, 1.807) is 18.2 Å². The molecule has 1 atom stereocenters. The van der Waals surface area contributed by atoms with E-state index in [0.29, 0.717) is 5.56 Å². The summed E-state index contributed by atoms with van der Waals surface area (Å²) in [4.78, 5) is 3.18. The van der Waals surface area contributed by atoms with Crippen molar-refractivity contribution in [3.05, 3.63) is 84.6 Å². The molecule has 1 unspecified atom stereocenters. The number of rotatable bonds is 9. The minimum Gasteiger partial charge on any atom is -0.361 e. The molecular formula is C25H29FN2O2S. The monoisotopic (exact) mass is 440 g/mol. The average molecular weight is 441 g/mol. The van der Waals surface area contributed by atoms with E-state index in [-0.39, 0.29) is 18.2 Å². The molecule has 2 aromatic carbocycles. The van der Waals surface area contributed by atoms with Crippen LogP contribution in [0.1, 0.15) is 26.3 Å². The summed E-state index contributed by atoms with van der Waals surface area (Å²) in [5, 5.41) is 0. The van der Waals surface area contributed by atoms with Gasteiger partial charge in [-0.05, 0) is 47.2 Å². The molecule has 0 fully saturated rings. The molecule has 3 rings (SSSR count). The first-order valence-electron chi connectivity index (χ1n) is 10.3. The van der Waals surface area contributed by atoms with Crippen molar-refractivity contribution in [1.29, 1.82) is 0 Å². The number of allylic oxidation sites excluding steroid dienone is 1. The van der Waals surface area contributed by atoms with E-state index in [1.807, 2.05) is 74.7 Å². The van der Waals surface area contributed by atoms with Crippen molar-refractivity contribution >= 4 is 10.0 Å². The number of alkyl halides is 1. The summed E-state index contributed by atoms with van der Waals surface area (Å²) >= 11 is 0. The van der Waals surface area contributed by atoms with Crippen LogP contribution in [0, 0.1) is 5.92 Å². The second-order valence-corrected chi connectivity index (χ2v) is 10.1. The van der Waals surface area contributed by atoms with Gasteiger partial charge in [0.05, 0.1) is 5.75 Å². The third-order valence-electron chi connectivity index (χ3n) is 5.07. The Labute approximate surface area is 184 Å². The number of hydrogen-bond acceptors (Lipinski definition) is 2. The number of nitrogens with one attached hydrogen (secondary N) is 2. The van der Waals surface area contributed by atoms with Gasteiger partial charge in [0.2, 0.25) is 10.0 Å². The van der Waals surface area contributed by atoms with Crippen LogP contribution in [0.3, 0.4) is 0 Å². The zero-order chi connectivity index (χ0) is 22.5. The first-order chi connectivity index (χ1) is 14.7. The highest BCUT2D eigenvalue weighted by atomic mass is 32.2.